The molecule has 1 heterocycles. The first-order valence-electron chi connectivity index (χ1n) is 5.58. The maximum atomic E-state index is 11.4. The van der Waals surface area contributed by atoms with Crippen LogP contribution < -0.4 is 10.6 Å². The minimum atomic E-state index is 0.0575. The Kier molecular flexibility index (Phi) is 4.82. The Hall–Kier alpha value is -1.52. The summed E-state index contributed by atoms with van der Waals surface area (Å²) >= 11 is 0. The van der Waals surface area contributed by atoms with Gasteiger partial charge in [-0.2, -0.15) is 0 Å². The molecule has 90 valence electrons. The number of anilines is 1. The van der Waals surface area contributed by atoms with Gasteiger partial charge in [0.05, 0.1) is 0 Å². The quantitative estimate of drug-likeness (QED) is 0.773. The molecule has 16 heavy (non-hydrogen) atoms. The largest absolute Gasteiger partial charge is 0.367 e. The molecule has 1 rings (SSSR count). The van der Waals surface area contributed by atoms with Crippen LogP contribution in [0.1, 0.15) is 32.4 Å². The third-order valence-corrected chi connectivity index (χ3v) is 2.31. The van der Waals surface area contributed by atoms with Gasteiger partial charge in [0.1, 0.15) is 5.76 Å². The van der Waals surface area contributed by atoms with E-state index in [-0.39, 0.29) is 11.9 Å². The fourth-order valence-electron chi connectivity index (χ4n) is 1.20. The molecule has 0 aliphatic carbocycles. The molecule has 2 N–H and O–H groups in total. The Labute approximate surface area is 95.6 Å². The van der Waals surface area contributed by atoms with Gasteiger partial charge < -0.3 is 15.2 Å². The predicted octanol–water partition coefficient (Wildman–Crippen LogP) is 1.70. The second-order valence-electron chi connectivity index (χ2n) is 3.88. The van der Waals surface area contributed by atoms with E-state index in [1.165, 1.54) is 0 Å². The number of nitrogens with zero attached hydrogens (tertiary/aromatic N) is 1. The van der Waals surface area contributed by atoms with Crippen LogP contribution in [-0.4, -0.2) is 23.7 Å². The molecule has 5 nitrogen and oxygen atoms in total. The van der Waals surface area contributed by atoms with Crippen LogP contribution in [0.2, 0.25) is 0 Å². The van der Waals surface area contributed by atoms with Gasteiger partial charge in [-0.3, -0.25) is 4.79 Å². The van der Waals surface area contributed by atoms with Crippen LogP contribution in [0, 0.1) is 6.92 Å². The van der Waals surface area contributed by atoms with Crippen molar-refractivity contribution in [1.29, 1.82) is 0 Å². The molecule has 1 unspecified atom stereocenters. The van der Waals surface area contributed by atoms with Gasteiger partial charge in [0.15, 0.2) is 5.82 Å². The van der Waals surface area contributed by atoms with Crippen LogP contribution in [0.15, 0.2) is 10.6 Å². The summed E-state index contributed by atoms with van der Waals surface area (Å²) in [5.41, 5.74) is 0. The number of carbonyl (C=O) groups is 1. The van der Waals surface area contributed by atoms with Crippen molar-refractivity contribution in [3.05, 3.63) is 11.8 Å². The number of rotatable bonds is 6. The zero-order valence-electron chi connectivity index (χ0n) is 10.0. The Balaban J connectivity index is 2.18. The Morgan fingerprint density at radius 3 is 2.94 bits per heavy atom. The van der Waals surface area contributed by atoms with E-state index >= 15 is 0 Å². The van der Waals surface area contributed by atoms with Crippen molar-refractivity contribution in [2.24, 2.45) is 0 Å². The first-order chi connectivity index (χ1) is 7.61. The lowest BCUT2D eigenvalue weighted by molar-refractivity contribution is -0.121. The lowest BCUT2D eigenvalue weighted by Gasteiger charge is -2.11. The Bertz CT molecular complexity index is 336. The number of aromatic nitrogens is 1. The first-order valence-corrected chi connectivity index (χ1v) is 5.58. The fourth-order valence-corrected chi connectivity index (χ4v) is 1.20. The number of aryl methyl sites for hydroxylation is 1. The van der Waals surface area contributed by atoms with E-state index in [0.29, 0.717) is 18.8 Å². The number of hydrogen-bond acceptors (Lipinski definition) is 4. The normalized spacial score (nSPS) is 12.2. The molecule has 0 aliphatic heterocycles. The number of hydrogen-bond donors (Lipinski definition) is 2. The van der Waals surface area contributed by atoms with E-state index in [9.17, 15) is 4.79 Å². The summed E-state index contributed by atoms with van der Waals surface area (Å²) in [5, 5.41) is 9.69. The fraction of sp³-hybridized carbons (Fsp3) is 0.636. The Morgan fingerprint density at radius 1 is 1.62 bits per heavy atom. The highest BCUT2D eigenvalue weighted by atomic mass is 16.5. The van der Waals surface area contributed by atoms with E-state index < -0.39 is 0 Å². The SMILES string of the molecule is CCC(C)NC(=O)CCNc1cc(C)on1. The van der Waals surface area contributed by atoms with Crippen LogP contribution in [-0.2, 0) is 4.79 Å². The molecule has 0 spiro atoms. The van der Waals surface area contributed by atoms with Crippen molar-refractivity contribution in [2.75, 3.05) is 11.9 Å². The number of nitrogens with one attached hydrogen (secondary N) is 2. The van der Waals surface area contributed by atoms with Gasteiger partial charge in [-0.05, 0) is 20.3 Å². The first kappa shape index (κ1) is 12.5. The summed E-state index contributed by atoms with van der Waals surface area (Å²) in [4.78, 5) is 11.4. The van der Waals surface area contributed by atoms with Gasteiger partial charge in [-0.1, -0.05) is 12.1 Å². The second kappa shape index (κ2) is 6.15. The van der Waals surface area contributed by atoms with E-state index in [4.69, 9.17) is 4.52 Å². The van der Waals surface area contributed by atoms with Crippen molar-refractivity contribution >= 4 is 11.7 Å². The minimum absolute atomic E-state index is 0.0575. The van der Waals surface area contributed by atoms with Crippen molar-refractivity contribution in [2.45, 2.75) is 39.7 Å². The monoisotopic (exact) mass is 225 g/mol. The second-order valence-corrected chi connectivity index (χ2v) is 3.88. The lowest BCUT2D eigenvalue weighted by atomic mass is 10.2. The number of amides is 1. The molecule has 0 aromatic carbocycles. The van der Waals surface area contributed by atoms with Gasteiger partial charge in [-0.15, -0.1) is 0 Å². The predicted molar refractivity (Wildman–Crippen MR) is 62.2 cm³/mol. The van der Waals surface area contributed by atoms with E-state index in [0.717, 1.165) is 12.2 Å². The van der Waals surface area contributed by atoms with Crippen LogP contribution in [0.25, 0.3) is 0 Å². The summed E-state index contributed by atoms with van der Waals surface area (Å²) < 4.78 is 4.89. The maximum absolute atomic E-state index is 11.4. The van der Waals surface area contributed by atoms with Crippen LogP contribution in [0.3, 0.4) is 0 Å². The molecular weight excluding hydrogens is 206 g/mol. The van der Waals surface area contributed by atoms with Gasteiger partial charge in [0, 0.05) is 25.1 Å². The minimum Gasteiger partial charge on any atom is -0.367 e. The van der Waals surface area contributed by atoms with Crippen molar-refractivity contribution in [1.82, 2.24) is 10.5 Å². The average Bonchev–Trinajstić information content (AvgIpc) is 2.64. The van der Waals surface area contributed by atoms with Crippen molar-refractivity contribution < 1.29 is 9.32 Å². The topological polar surface area (TPSA) is 67.2 Å². The molecule has 1 aromatic rings. The molecule has 0 fully saturated rings. The van der Waals surface area contributed by atoms with Gasteiger partial charge in [0.2, 0.25) is 5.91 Å². The maximum Gasteiger partial charge on any atom is 0.221 e. The van der Waals surface area contributed by atoms with E-state index in [1.807, 2.05) is 20.8 Å². The summed E-state index contributed by atoms with van der Waals surface area (Å²) in [5.74, 6) is 1.49. The van der Waals surface area contributed by atoms with Crippen LogP contribution in [0.4, 0.5) is 5.82 Å². The summed E-state index contributed by atoms with van der Waals surface area (Å²) in [6, 6.07) is 2.04. The molecule has 0 saturated carbocycles. The summed E-state index contributed by atoms with van der Waals surface area (Å²) in [7, 11) is 0. The molecule has 1 amide bonds. The molecule has 0 saturated heterocycles. The van der Waals surface area contributed by atoms with Crippen molar-refractivity contribution in [3.8, 4) is 0 Å². The lowest BCUT2D eigenvalue weighted by Crippen LogP contribution is -2.32. The van der Waals surface area contributed by atoms with E-state index in [2.05, 4.69) is 15.8 Å². The third-order valence-electron chi connectivity index (χ3n) is 2.31. The van der Waals surface area contributed by atoms with E-state index in [1.54, 1.807) is 6.07 Å². The smallest absolute Gasteiger partial charge is 0.221 e. The van der Waals surface area contributed by atoms with Gasteiger partial charge in [0.25, 0.3) is 0 Å². The number of carbonyl (C=O) groups excluding carboxylic acids is 1. The standard InChI is InChI=1S/C11H19N3O2/c1-4-8(2)13-11(15)5-6-12-10-7-9(3)16-14-10/h7-8H,4-6H2,1-3H3,(H,12,14)(H,13,15). The highest BCUT2D eigenvalue weighted by Crippen LogP contribution is 2.06. The van der Waals surface area contributed by atoms with Gasteiger partial charge in [-0.25, -0.2) is 0 Å². The molecular formula is C11H19N3O2. The molecule has 0 bridgehead atoms. The summed E-state index contributed by atoms with van der Waals surface area (Å²) in [6.45, 7) is 6.43. The summed E-state index contributed by atoms with van der Waals surface area (Å²) in [6.07, 6.45) is 1.39. The van der Waals surface area contributed by atoms with Crippen LogP contribution >= 0.6 is 0 Å². The molecule has 1 atom stereocenters. The Morgan fingerprint density at radius 2 is 2.38 bits per heavy atom. The molecule has 1 aromatic heterocycles. The average molecular weight is 225 g/mol. The van der Waals surface area contributed by atoms with Gasteiger partial charge >= 0.3 is 0 Å². The molecule has 5 heteroatoms. The molecule has 0 aliphatic rings. The van der Waals surface area contributed by atoms with Crippen LogP contribution in [0.5, 0.6) is 0 Å². The zero-order valence-corrected chi connectivity index (χ0v) is 10.0. The highest BCUT2D eigenvalue weighted by Gasteiger charge is 2.05. The third kappa shape index (κ3) is 4.33. The van der Waals surface area contributed by atoms with Crippen molar-refractivity contribution in [3.63, 3.8) is 0 Å². The zero-order chi connectivity index (χ0) is 12.0. The highest BCUT2D eigenvalue weighted by molar-refractivity contribution is 5.76. The molecule has 0 radical (unpaired) electrons.